The van der Waals surface area contributed by atoms with E-state index in [1.165, 1.54) is 25.7 Å². The number of anilines is 1. The molecular weight excluding hydrogens is 374 g/mol. The molecular formula is C24H39N5O. The fraction of sp³-hybridized carbons (Fsp3) is 0.792. The summed E-state index contributed by atoms with van der Waals surface area (Å²) < 4.78 is 0. The molecule has 1 amide bonds. The quantitative estimate of drug-likeness (QED) is 0.739. The number of amides is 1. The molecule has 1 aliphatic carbocycles. The van der Waals surface area contributed by atoms with Crippen molar-refractivity contribution in [2.45, 2.75) is 71.8 Å². The first kappa shape index (κ1) is 21.5. The molecule has 3 heterocycles. The van der Waals surface area contributed by atoms with Crippen molar-refractivity contribution in [1.29, 1.82) is 0 Å². The molecule has 2 aliphatic heterocycles. The van der Waals surface area contributed by atoms with E-state index >= 15 is 0 Å². The number of carbonyl (C=O) groups is 1. The summed E-state index contributed by atoms with van der Waals surface area (Å²) in [4.78, 5) is 28.8. The van der Waals surface area contributed by atoms with Crippen LogP contribution < -0.4 is 4.90 Å². The van der Waals surface area contributed by atoms with Crippen LogP contribution in [0.15, 0.2) is 12.4 Å². The second kappa shape index (κ2) is 8.81. The Morgan fingerprint density at radius 1 is 1.03 bits per heavy atom. The van der Waals surface area contributed by atoms with Crippen molar-refractivity contribution >= 4 is 11.6 Å². The molecule has 0 radical (unpaired) electrons. The lowest BCUT2D eigenvalue weighted by molar-refractivity contribution is -0.139. The van der Waals surface area contributed by atoms with Gasteiger partial charge < -0.3 is 9.80 Å². The van der Waals surface area contributed by atoms with Crippen LogP contribution in [0.5, 0.6) is 0 Å². The standard InChI is InChI=1S/C24H39N5O/c1-5-19(4)23(30)29-8-6-24(7-9-29)14-20(15-24)27-10-12-28(13-11-27)21-16-25-22(18(2)3)26-17-21/h16-20H,5-15H2,1-4H3. The molecule has 1 atom stereocenters. The third kappa shape index (κ3) is 4.34. The number of rotatable bonds is 5. The van der Waals surface area contributed by atoms with E-state index in [4.69, 9.17) is 0 Å². The summed E-state index contributed by atoms with van der Waals surface area (Å²) in [6.07, 6.45) is 9.98. The smallest absolute Gasteiger partial charge is 0.225 e. The zero-order chi connectivity index (χ0) is 21.3. The van der Waals surface area contributed by atoms with Crippen LogP contribution >= 0.6 is 0 Å². The van der Waals surface area contributed by atoms with E-state index in [0.29, 0.717) is 17.2 Å². The number of piperidine rings is 1. The van der Waals surface area contributed by atoms with Gasteiger partial charge in [-0.1, -0.05) is 27.7 Å². The van der Waals surface area contributed by atoms with Crippen LogP contribution in [0.4, 0.5) is 5.69 Å². The van der Waals surface area contributed by atoms with Gasteiger partial charge in [0.1, 0.15) is 5.82 Å². The summed E-state index contributed by atoms with van der Waals surface area (Å²) in [6, 6.07) is 0.739. The van der Waals surface area contributed by atoms with Gasteiger partial charge in [-0.15, -0.1) is 0 Å². The maximum atomic E-state index is 12.5. The highest BCUT2D eigenvalue weighted by Gasteiger charge is 2.48. The Balaban J connectivity index is 1.22. The van der Waals surface area contributed by atoms with Crippen LogP contribution in [0, 0.1) is 11.3 Å². The molecule has 1 unspecified atom stereocenters. The molecule has 1 saturated carbocycles. The first-order valence-electron chi connectivity index (χ1n) is 12.0. The average Bonchev–Trinajstić information content (AvgIpc) is 2.76. The first-order valence-corrected chi connectivity index (χ1v) is 12.0. The summed E-state index contributed by atoms with van der Waals surface area (Å²) >= 11 is 0. The largest absolute Gasteiger partial charge is 0.366 e. The summed E-state index contributed by atoms with van der Waals surface area (Å²) in [5.41, 5.74) is 1.66. The number of nitrogens with zero attached hydrogens (tertiary/aromatic N) is 5. The third-order valence-corrected chi connectivity index (χ3v) is 7.88. The molecule has 6 heteroatoms. The molecule has 30 heavy (non-hydrogen) atoms. The predicted molar refractivity (Wildman–Crippen MR) is 121 cm³/mol. The van der Waals surface area contributed by atoms with Gasteiger partial charge in [-0.25, -0.2) is 9.97 Å². The molecule has 0 aromatic carbocycles. The normalized spacial score (nSPS) is 23.6. The van der Waals surface area contributed by atoms with E-state index in [0.717, 1.165) is 63.2 Å². The Bertz CT molecular complexity index is 710. The lowest BCUT2D eigenvalue weighted by Crippen LogP contribution is -2.59. The van der Waals surface area contributed by atoms with Crippen molar-refractivity contribution in [3.8, 4) is 0 Å². The van der Waals surface area contributed by atoms with Gasteiger partial charge in [-0.2, -0.15) is 0 Å². The van der Waals surface area contributed by atoms with Crippen LogP contribution in [0.25, 0.3) is 0 Å². The molecule has 3 aliphatic rings. The van der Waals surface area contributed by atoms with Crippen molar-refractivity contribution in [3.05, 3.63) is 18.2 Å². The van der Waals surface area contributed by atoms with Gasteiger partial charge in [0.25, 0.3) is 0 Å². The molecule has 1 aromatic heterocycles. The number of hydrogen-bond donors (Lipinski definition) is 0. The summed E-state index contributed by atoms with van der Waals surface area (Å²) in [6.45, 7) is 14.8. The maximum absolute atomic E-state index is 12.5. The van der Waals surface area contributed by atoms with Crippen molar-refractivity contribution in [2.75, 3.05) is 44.2 Å². The highest BCUT2D eigenvalue weighted by molar-refractivity contribution is 5.78. The topological polar surface area (TPSA) is 52.6 Å². The number of aromatic nitrogens is 2. The van der Waals surface area contributed by atoms with Crippen LogP contribution in [-0.2, 0) is 4.79 Å². The van der Waals surface area contributed by atoms with Crippen molar-refractivity contribution < 1.29 is 4.79 Å². The molecule has 3 fully saturated rings. The second-order valence-corrected chi connectivity index (χ2v) is 10.2. The van der Waals surface area contributed by atoms with Crippen molar-refractivity contribution in [2.24, 2.45) is 11.3 Å². The molecule has 6 nitrogen and oxygen atoms in total. The summed E-state index contributed by atoms with van der Waals surface area (Å²) in [5, 5.41) is 0. The lowest BCUT2D eigenvalue weighted by Gasteiger charge is -2.56. The summed E-state index contributed by atoms with van der Waals surface area (Å²) in [7, 11) is 0. The lowest BCUT2D eigenvalue weighted by atomic mass is 9.60. The number of carbonyl (C=O) groups excluding carboxylic acids is 1. The first-order chi connectivity index (χ1) is 14.4. The minimum absolute atomic E-state index is 0.177. The van der Waals surface area contributed by atoms with Crippen molar-refractivity contribution in [1.82, 2.24) is 19.8 Å². The SMILES string of the molecule is CCC(C)C(=O)N1CCC2(CC1)CC(N1CCN(c3cnc(C(C)C)nc3)CC1)C2. The van der Waals surface area contributed by atoms with Gasteiger partial charge in [0.15, 0.2) is 0 Å². The fourth-order valence-electron chi connectivity index (χ4n) is 5.43. The molecule has 2 saturated heterocycles. The second-order valence-electron chi connectivity index (χ2n) is 10.2. The number of likely N-dealkylation sites (tertiary alicyclic amines) is 1. The van der Waals surface area contributed by atoms with E-state index in [-0.39, 0.29) is 5.92 Å². The minimum atomic E-state index is 0.177. The molecule has 0 bridgehead atoms. The van der Waals surface area contributed by atoms with E-state index in [1.54, 1.807) is 0 Å². The van der Waals surface area contributed by atoms with E-state index in [9.17, 15) is 4.79 Å². The predicted octanol–water partition coefficient (Wildman–Crippen LogP) is 3.54. The highest BCUT2D eigenvalue weighted by Crippen LogP contribution is 2.51. The number of hydrogen-bond acceptors (Lipinski definition) is 5. The van der Waals surface area contributed by atoms with Gasteiger partial charge in [-0.05, 0) is 37.5 Å². The maximum Gasteiger partial charge on any atom is 0.225 e. The van der Waals surface area contributed by atoms with Gasteiger partial charge in [0, 0.05) is 57.1 Å². The molecule has 1 aromatic rings. The fourth-order valence-corrected chi connectivity index (χ4v) is 5.43. The van der Waals surface area contributed by atoms with Gasteiger partial charge in [0.2, 0.25) is 5.91 Å². The van der Waals surface area contributed by atoms with Gasteiger partial charge in [0.05, 0.1) is 18.1 Å². The Kier molecular flexibility index (Phi) is 6.33. The van der Waals surface area contributed by atoms with Crippen molar-refractivity contribution in [3.63, 3.8) is 0 Å². The zero-order valence-corrected chi connectivity index (χ0v) is 19.3. The number of piperazine rings is 1. The third-order valence-electron chi connectivity index (χ3n) is 7.88. The Labute approximate surface area is 182 Å². The molecule has 1 spiro atoms. The Hall–Kier alpha value is -1.69. The average molecular weight is 414 g/mol. The van der Waals surface area contributed by atoms with Gasteiger partial charge >= 0.3 is 0 Å². The Morgan fingerprint density at radius 2 is 1.63 bits per heavy atom. The van der Waals surface area contributed by atoms with Gasteiger partial charge in [-0.3, -0.25) is 9.69 Å². The molecule has 0 N–H and O–H groups in total. The van der Waals surface area contributed by atoms with E-state index in [1.807, 2.05) is 12.4 Å². The monoisotopic (exact) mass is 413 g/mol. The zero-order valence-electron chi connectivity index (χ0n) is 19.3. The van der Waals surface area contributed by atoms with Crippen LogP contribution in [0.3, 0.4) is 0 Å². The van der Waals surface area contributed by atoms with Crippen LogP contribution in [-0.4, -0.2) is 71.0 Å². The molecule has 4 rings (SSSR count). The van der Waals surface area contributed by atoms with E-state index in [2.05, 4.69) is 52.4 Å². The van der Waals surface area contributed by atoms with Crippen LogP contribution in [0.2, 0.25) is 0 Å². The van der Waals surface area contributed by atoms with E-state index < -0.39 is 0 Å². The van der Waals surface area contributed by atoms with Crippen LogP contribution in [0.1, 0.15) is 71.5 Å². The summed E-state index contributed by atoms with van der Waals surface area (Å²) in [5.74, 6) is 1.84. The minimum Gasteiger partial charge on any atom is -0.366 e. The molecule has 166 valence electrons. The Morgan fingerprint density at radius 3 is 2.17 bits per heavy atom. The highest BCUT2D eigenvalue weighted by atomic mass is 16.2.